The summed E-state index contributed by atoms with van der Waals surface area (Å²) in [7, 11) is 1.57. The minimum Gasteiger partial charge on any atom is -0.494 e. The largest absolute Gasteiger partial charge is 0.494 e. The van der Waals surface area contributed by atoms with Crippen LogP contribution in [0, 0.1) is 0 Å². The predicted octanol–water partition coefficient (Wildman–Crippen LogP) is 2.48. The maximum Gasteiger partial charge on any atom is 0.238 e. The Balaban J connectivity index is 1.94. The number of benzene rings is 1. The number of unbranched alkanes of at least 4 members (excludes halogenated alkanes) is 1. The molecule has 0 spiro atoms. The van der Waals surface area contributed by atoms with Gasteiger partial charge in [0.05, 0.1) is 19.3 Å². The lowest BCUT2D eigenvalue weighted by Gasteiger charge is -2.21. The van der Waals surface area contributed by atoms with E-state index in [4.69, 9.17) is 10.5 Å². The number of nitrogens with one attached hydrogen (secondary N) is 1. The molecule has 3 N–H and O–H groups in total. The van der Waals surface area contributed by atoms with Crippen molar-refractivity contribution in [3.8, 4) is 5.75 Å². The number of nitrogens with two attached hydrogens (primary N) is 1. The number of amides is 1. The van der Waals surface area contributed by atoms with Crippen LogP contribution in [-0.4, -0.2) is 37.0 Å². The van der Waals surface area contributed by atoms with Gasteiger partial charge in [-0.15, -0.1) is 0 Å². The summed E-state index contributed by atoms with van der Waals surface area (Å²) in [4.78, 5) is 14.5. The molecule has 5 nitrogen and oxygen atoms in total. The zero-order valence-electron chi connectivity index (χ0n) is 12.9. The molecule has 1 aliphatic rings. The van der Waals surface area contributed by atoms with Crippen molar-refractivity contribution in [1.29, 1.82) is 0 Å². The maximum absolute atomic E-state index is 12.2. The topological polar surface area (TPSA) is 67.6 Å². The molecule has 5 heteroatoms. The Kier molecular flexibility index (Phi) is 5.44. The number of hydrogen-bond donors (Lipinski definition) is 2. The fraction of sp³-hybridized carbons (Fsp3) is 0.562. The number of carbonyl (C=O) groups excluding carboxylic acids is 1. The van der Waals surface area contributed by atoms with Gasteiger partial charge in [0.25, 0.3) is 0 Å². The van der Waals surface area contributed by atoms with Crippen LogP contribution in [0.15, 0.2) is 18.2 Å². The van der Waals surface area contributed by atoms with Gasteiger partial charge in [-0.1, -0.05) is 13.3 Å². The van der Waals surface area contributed by atoms with Gasteiger partial charge in [-0.05, 0) is 37.9 Å². The number of ether oxygens (including phenoxy) is 1. The smallest absolute Gasteiger partial charge is 0.238 e. The number of methoxy groups -OCH3 is 1. The van der Waals surface area contributed by atoms with Crippen LogP contribution < -0.4 is 15.8 Å². The summed E-state index contributed by atoms with van der Waals surface area (Å²) in [6, 6.07) is 5.84. The summed E-state index contributed by atoms with van der Waals surface area (Å²) in [5, 5.41) is 2.92. The Bertz CT molecular complexity index is 486. The van der Waals surface area contributed by atoms with E-state index in [0.717, 1.165) is 19.4 Å². The van der Waals surface area contributed by atoms with E-state index in [9.17, 15) is 4.79 Å². The first-order valence-corrected chi connectivity index (χ1v) is 7.61. The molecule has 1 amide bonds. The summed E-state index contributed by atoms with van der Waals surface area (Å²) in [6.45, 7) is 3.61. The standard InChI is InChI=1S/C16H25N3O2/c1-3-4-9-19(13-6-7-13)11-16(20)18-14-8-5-12(17)10-15(14)21-2/h5,8,10,13H,3-4,6-7,9,11,17H2,1-2H3,(H,18,20). The van der Waals surface area contributed by atoms with Crippen LogP contribution in [-0.2, 0) is 4.79 Å². The Morgan fingerprint density at radius 1 is 1.48 bits per heavy atom. The molecule has 1 aromatic carbocycles. The lowest BCUT2D eigenvalue weighted by Crippen LogP contribution is -2.35. The van der Waals surface area contributed by atoms with Gasteiger partial charge in [-0.2, -0.15) is 0 Å². The number of rotatable bonds is 8. The number of nitrogens with zero attached hydrogens (tertiary/aromatic N) is 1. The van der Waals surface area contributed by atoms with Crippen LogP contribution in [0.3, 0.4) is 0 Å². The van der Waals surface area contributed by atoms with Crippen molar-refractivity contribution in [2.45, 2.75) is 38.6 Å². The third kappa shape index (κ3) is 4.63. The molecular formula is C16H25N3O2. The summed E-state index contributed by atoms with van der Waals surface area (Å²) in [5.74, 6) is 0.593. The first kappa shape index (κ1) is 15.6. The van der Waals surface area contributed by atoms with E-state index < -0.39 is 0 Å². The highest BCUT2D eigenvalue weighted by Gasteiger charge is 2.29. The highest BCUT2D eigenvalue weighted by atomic mass is 16.5. The van der Waals surface area contributed by atoms with Crippen molar-refractivity contribution in [2.75, 3.05) is 31.2 Å². The molecule has 0 unspecified atom stereocenters. The van der Waals surface area contributed by atoms with Gasteiger partial charge in [0.2, 0.25) is 5.91 Å². The molecule has 0 aliphatic heterocycles. The molecular weight excluding hydrogens is 266 g/mol. The van der Waals surface area contributed by atoms with Gasteiger partial charge in [0.1, 0.15) is 5.75 Å². The summed E-state index contributed by atoms with van der Waals surface area (Å²) in [5.41, 5.74) is 7.00. The molecule has 0 bridgehead atoms. The van der Waals surface area contributed by atoms with Crippen LogP contribution in [0.1, 0.15) is 32.6 Å². The van der Waals surface area contributed by atoms with Crippen LogP contribution in [0.25, 0.3) is 0 Å². The van der Waals surface area contributed by atoms with Crippen LogP contribution >= 0.6 is 0 Å². The van der Waals surface area contributed by atoms with Crippen molar-refractivity contribution >= 4 is 17.3 Å². The Morgan fingerprint density at radius 3 is 2.86 bits per heavy atom. The molecule has 0 atom stereocenters. The molecule has 116 valence electrons. The zero-order chi connectivity index (χ0) is 15.2. The van der Waals surface area contributed by atoms with Gasteiger partial charge < -0.3 is 15.8 Å². The molecule has 0 saturated heterocycles. The SMILES string of the molecule is CCCCN(CC(=O)Nc1ccc(N)cc1OC)C1CC1. The molecule has 1 aromatic rings. The number of hydrogen-bond acceptors (Lipinski definition) is 4. The van der Waals surface area contributed by atoms with Crippen molar-refractivity contribution in [3.05, 3.63) is 18.2 Å². The van der Waals surface area contributed by atoms with Gasteiger partial charge in [-0.25, -0.2) is 0 Å². The minimum atomic E-state index is 0.000995. The first-order chi connectivity index (χ1) is 10.1. The fourth-order valence-corrected chi connectivity index (χ4v) is 2.38. The van der Waals surface area contributed by atoms with Crippen LogP contribution in [0.5, 0.6) is 5.75 Å². The average molecular weight is 291 g/mol. The summed E-state index contributed by atoms with van der Waals surface area (Å²) in [6.07, 6.45) is 4.70. The van der Waals surface area contributed by atoms with Crippen LogP contribution in [0.4, 0.5) is 11.4 Å². The third-order valence-electron chi connectivity index (χ3n) is 3.71. The Hall–Kier alpha value is -1.75. The summed E-state index contributed by atoms with van der Waals surface area (Å²) >= 11 is 0. The van der Waals surface area contributed by atoms with Gasteiger partial charge in [-0.3, -0.25) is 9.69 Å². The highest BCUT2D eigenvalue weighted by Crippen LogP contribution is 2.28. The van der Waals surface area contributed by atoms with E-state index in [1.165, 1.54) is 12.8 Å². The molecule has 0 aromatic heterocycles. The Labute approximate surface area is 126 Å². The number of anilines is 2. The highest BCUT2D eigenvalue weighted by molar-refractivity contribution is 5.94. The van der Waals surface area contributed by atoms with Crippen molar-refractivity contribution < 1.29 is 9.53 Å². The van der Waals surface area contributed by atoms with E-state index in [1.807, 2.05) is 0 Å². The van der Waals surface area contributed by atoms with Crippen LogP contribution in [0.2, 0.25) is 0 Å². The first-order valence-electron chi connectivity index (χ1n) is 7.61. The van der Waals surface area contributed by atoms with Gasteiger partial charge >= 0.3 is 0 Å². The third-order valence-corrected chi connectivity index (χ3v) is 3.71. The van der Waals surface area contributed by atoms with E-state index in [1.54, 1.807) is 25.3 Å². The number of carbonyl (C=O) groups is 1. The van der Waals surface area contributed by atoms with Gasteiger partial charge in [0.15, 0.2) is 0 Å². The van der Waals surface area contributed by atoms with Gasteiger partial charge in [0, 0.05) is 17.8 Å². The monoisotopic (exact) mass is 291 g/mol. The van der Waals surface area contributed by atoms with Crippen molar-refractivity contribution in [2.24, 2.45) is 0 Å². The molecule has 1 saturated carbocycles. The number of nitrogen functional groups attached to an aromatic ring is 1. The maximum atomic E-state index is 12.2. The predicted molar refractivity (Wildman–Crippen MR) is 85.5 cm³/mol. The normalized spacial score (nSPS) is 14.2. The second kappa shape index (κ2) is 7.31. The van der Waals surface area contributed by atoms with E-state index in [2.05, 4.69) is 17.1 Å². The quantitative estimate of drug-likeness (QED) is 0.722. The molecule has 0 radical (unpaired) electrons. The zero-order valence-corrected chi connectivity index (χ0v) is 12.9. The molecule has 1 aliphatic carbocycles. The molecule has 0 heterocycles. The van der Waals surface area contributed by atoms with E-state index in [-0.39, 0.29) is 5.91 Å². The average Bonchev–Trinajstić information content (AvgIpc) is 3.30. The Morgan fingerprint density at radius 2 is 2.24 bits per heavy atom. The van der Waals surface area contributed by atoms with Crippen molar-refractivity contribution in [3.63, 3.8) is 0 Å². The molecule has 1 fully saturated rings. The molecule has 21 heavy (non-hydrogen) atoms. The lowest BCUT2D eigenvalue weighted by atomic mass is 10.2. The van der Waals surface area contributed by atoms with Crippen molar-refractivity contribution in [1.82, 2.24) is 4.90 Å². The lowest BCUT2D eigenvalue weighted by molar-refractivity contribution is -0.117. The van der Waals surface area contributed by atoms with E-state index >= 15 is 0 Å². The second-order valence-corrected chi connectivity index (χ2v) is 5.56. The van der Waals surface area contributed by atoms with E-state index in [0.29, 0.717) is 29.7 Å². The molecule has 2 rings (SSSR count). The fourth-order valence-electron chi connectivity index (χ4n) is 2.38. The minimum absolute atomic E-state index is 0.000995. The summed E-state index contributed by atoms with van der Waals surface area (Å²) < 4.78 is 5.25. The second-order valence-electron chi connectivity index (χ2n) is 5.56.